The summed E-state index contributed by atoms with van der Waals surface area (Å²) in [6.07, 6.45) is 3.91. The average Bonchev–Trinajstić information content (AvgIpc) is 3.17. The number of carbonyl (C=O) groups excluding carboxylic acids is 3. The van der Waals surface area contributed by atoms with Crippen LogP contribution in [0.25, 0.3) is 6.08 Å². The third-order valence-corrected chi connectivity index (χ3v) is 4.44. The SMILES string of the molecule is O=C(/C=C/c1ccc(OC(F)F)cc1)OCC(=O)c1ccc(N2CCCC2=O)cc1. The zero-order valence-corrected chi connectivity index (χ0v) is 15.9. The minimum absolute atomic E-state index is 0.00967. The molecule has 0 unspecified atom stereocenters. The Bertz CT molecular complexity index is 939. The molecule has 0 radical (unpaired) electrons. The van der Waals surface area contributed by atoms with Gasteiger partial charge in [0.25, 0.3) is 0 Å². The summed E-state index contributed by atoms with van der Waals surface area (Å²) in [4.78, 5) is 37.4. The van der Waals surface area contributed by atoms with Gasteiger partial charge in [-0.1, -0.05) is 12.1 Å². The van der Waals surface area contributed by atoms with Gasteiger partial charge in [0.1, 0.15) is 5.75 Å². The number of alkyl halides is 2. The highest BCUT2D eigenvalue weighted by Crippen LogP contribution is 2.21. The molecule has 6 nitrogen and oxygen atoms in total. The molecular weight excluding hydrogens is 396 g/mol. The van der Waals surface area contributed by atoms with Crippen LogP contribution in [0.5, 0.6) is 5.75 Å². The lowest BCUT2D eigenvalue weighted by Crippen LogP contribution is -2.23. The van der Waals surface area contributed by atoms with Gasteiger partial charge in [-0.2, -0.15) is 8.78 Å². The van der Waals surface area contributed by atoms with Crippen molar-refractivity contribution >= 4 is 29.4 Å². The molecule has 0 aromatic heterocycles. The van der Waals surface area contributed by atoms with Crippen molar-refractivity contribution in [2.45, 2.75) is 19.5 Å². The van der Waals surface area contributed by atoms with Crippen LogP contribution < -0.4 is 9.64 Å². The first-order valence-corrected chi connectivity index (χ1v) is 9.26. The number of rotatable bonds is 8. The Kier molecular flexibility index (Phi) is 6.90. The minimum Gasteiger partial charge on any atom is -0.454 e. The number of benzene rings is 2. The van der Waals surface area contributed by atoms with Crippen LogP contribution in [0.4, 0.5) is 14.5 Å². The highest BCUT2D eigenvalue weighted by atomic mass is 19.3. The molecular formula is C22H19F2NO5. The fraction of sp³-hybridized carbons (Fsp3) is 0.227. The first-order valence-electron chi connectivity index (χ1n) is 9.26. The standard InChI is InChI=1S/C22H19F2NO5/c23-22(24)30-18-10-3-15(4-11-18)5-12-21(28)29-14-19(26)16-6-8-17(9-7-16)25-13-1-2-20(25)27/h3-12,22H,1-2,13-14H2/b12-5+. The number of hydrogen-bond acceptors (Lipinski definition) is 5. The molecule has 1 heterocycles. The Morgan fingerprint density at radius 2 is 1.77 bits per heavy atom. The molecule has 0 saturated carbocycles. The molecule has 1 amide bonds. The van der Waals surface area contributed by atoms with E-state index >= 15 is 0 Å². The van der Waals surface area contributed by atoms with E-state index in [0.29, 0.717) is 24.1 Å². The first kappa shape index (κ1) is 21.2. The number of Topliss-reactive ketones (excluding diaryl/α,β-unsaturated/α-hetero) is 1. The van der Waals surface area contributed by atoms with Crippen LogP contribution >= 0.6 is 0 Å². The molecule has 3 rings (SSSR count). The predicted molar refractivity (Wildman–Crippen MR) is 105 cm³/mol. The number of carbonyl (C=O) groups is 3. The lowest BCUT2D eigenvalue weighted by atomic mass is 10.1. The molecule has 0 atom stereocenters. The summed E-state index contributed by atoms with van der Waals surface area (Å²) < 4.78 is 33.4. The molecule has 0 N–H and O–H groups in total. The molecule has 1 aliphatic rings. The van der Waals surface area contributed by atoms with Gasteiger partial charge in [-0.15, -0.1) is 0 Å². The van der Waals surface area contributed by atoms with Crippen molar-refractivity contribution in [3.8, 4) is 5.75 Å². The van der Waals surface area contributed by atoms with Crippen molar-refractivity contribution in [1.29, 1.82) is 0 Å². The third-order valence-electron chi connectivity index (χ3n) is 4.44. The maximum absolute atomic E-state index is 12.2. The van der Waals surface area contributed by atoms with Crippen LogP contribution in [-0.4, -0.2) is 37.4 Å². The highest BCUT2D eigenvalue weighted by Gasteiger charge is 2.21. The normalized spacial score (nSPS) is 13.8. The Hall–Kier alpha value is -3.55. The second-order valence-corrected chi connectivity index (χ2v) is 6.51. The molecule has 0 spiro atoms. The molecule has 1 fully saturated rings. The van der Waals surface area contributed by atoms with Crippen LogP contribution in [0, 0.1) is 0 Å². The molecule has 2 aromatic rings. The van der Waals surface area contributed by atoms with E-state index in [1.807, 2.05) is 0 Å². The topological polar surface area (TPSA) is 72.9 Å². The van der Waals surface area contributed by atoms with Gasteiger partial charge in [-0.05, 0) is 54.5 Å². The largest absolute Gasteiger partial charge is 0.454 e. The third kappa shape index (κ3) is 5.73. The predicted octanol–water partition coefficient (Wildman–Crippen LogP) is 3.85. The number of esters is 1. The molecule has 2 aromatic carbocycles. The van der Waals surface area contributed by atoms with E-state index in [4.69, 9.17) is 4.74 Å². The van der Waals surface area contributed by atoms with E-state index < -0.39 is 19.2 Å². The van der Waals surface area contributed by atoms with Gasteiger partial charge in [0, 0.05) is 30.3 Å². The smallest absolute Gasteiger partial charge is 0.387 e. The second-order valence-electron chi connectivity index (χ2n) is 6.51. The van der Waals surface area contributed by atoms with Gasteiger partial charge >= 0.3 is 12.6 Å². The van der Waals surface area contributed by atoms with E-state index in [1.54, 1.807) is 29.2 Å². The van der Waals surface area contributed by atoms with Crippen LogP contribution in [0.1, 0.15) is 28.8 Å². The molecule has 0 bridgehead atoms. The summed E-state index contributed by atoms with van der Waals surface area (Å²) in [5.74, 6) is -1.01. The summed E-state index contributed by atoms with van der Waals surface area (Å²) >= 11 is 0. The van der Waals surface area contributed by atoms with Crippen molar-refractivity contribution < 1.29 is 32.6 Å². The number of amides is 1. The molecule has 1 aliphatic heterocycles. The monoisotopic (exact) mass is 415 g/mol. The molecule has 30 heavy (non-hydrogen) atoms. The van der Waals surface area contributed by atoms with Crippen molar-refractivity contribution in [2.24, 2.45) is 0 Å². The van der Waals surface area contributed by atoms with E-state index in [9.17, 15) is 23.2 Å². The van der Waals surface area contributed by atoms with E-state index in [1.165, 1.54) is 30.3 Å². The van der Waals surface area contributed by atoms with Gasteiger partial charge in [0.2, 0.25) is 5.91 Å². The van der Waals surface area contributed by atoms with Crippen molar-refractivity contribution in [3.05, 3.63) is 65.7 Å². The molecule has 0 aliphatic carbocycles. The summed E-state index contributed by atoms with van der Waals surface area (Å²) in [7, 11) is 0. The Balaban J connectivity index is 1.48. The summed E-state index contributed by atoms with van der Waals surface area (Å²) in [6, 6.07) is 12.3. The summed E-state index contributed by atoms with van der Waals surface area (Å²) in [5.41, 5.74) is 1.68. The lowest BCUT2D eigenvalue weighted by Gasteiger charge is -2.15. The van der Waals surface area contributed by atoms with Gasteiger partial charge < -0.3 is 14.4 Å². The number of ether oxygens (including phenoxy) is 2. The zero-order chi connectivity index (χ0) is 21.5. The van der Waals surface area contributed by atoms with Crippen molar-refractivity contribution in [2.75, 3.05) is 18.1 Å². The zero-order valence-electron chi connectivity index (χ0n) is 15.9. The van der Waals surface area contributed by atoms with Gasteiger partial charge in [0.15, 0.2) is 12.4 Å². The van der Waals surface area contributed by atoms with E-state index in [-0.39, 0.29) is 17.4 Å². The molecule has 1 saturated heterocycles. The molecule has 8 heteroatoms. The van der Waals surface area contributed by atoms with Gasteiger partial charge in [-0.25, -0.2) is 4.79 Å². The van der Waals surface area contributed by atoms with Crippen LogP contribution in [-0.2, 0) is 14.3 Å². The lowest BCUT2D eigenvalue weighted by molar-refractivity contribution is -0.136. The Morgan fingerprint density at radius 3 is 2.37 bits per heavy atom. The summed E-state index contributed by atoms with van der Waals surface area (Å²) in [5, 5.41) is 0. The van der Waals surface area contributed by atoms with E-state index in [2.05, 4.69) is 4.74 Å². The van der Waals surface area contributed by atoms with Crippen molar-refractivity contribution in [3.63, 3.8) is 0 Å². The highest BCUT2D eigenvalue weighted by molar-refractivity contribution is 6.00. The number of anilines is 1. The number of halogens is 2. The Labute approximate surface area is 171 Å². The second kappa shape index (κ2) is 9.78. The van der Waals surface area contributed by atoms with Gasteiger partial charge in [0.05, 0.1) is 0 Å². The van der Waals surface area contributed by atoms with Gasteiger partial charge in [-0.3, -0.25) is 9.59 Å². The van der Waals surface area contributed by atoms with Crippen LogP contribution in [0.3, 0.4) is 0 Å². The van der Waals surface area contributed by atoms with Crippen LogP contribution in [0.2, 0.25) is 0 Å². The fourth-order valence-electron chi connectivity index (χ4n) is 2.94. The molecule has 156 valence electrons. The number of ketones is 1. The quantitative estimate of drug-likeness (QED) is 0.372. The van der Waals surface area contributed by atoms with Crippen molar-refractivity contribution in [1.82, 2.24) is 0 Å². The maximum atomic E-state index is 12.2. The summed E-state index contributed by atoms with van der Waals surface area (Å²) in [6.45, 7) is -2.66. The van der Waals surface area contributed by atoms with Crippen LogP contribution in [0.15, 0.2) is 54.6 Å². The minimum atomic E-state index is -2.90. The average molecular weight is 415 g/mol. The fourth-order valence-corrected chi connectivity index (χ4v) is 2.94. The van der Waals surface area contributed by atoms with E-state index in [0.717, 1.165) is 18.2 Å². The number of nitrogens with zero attached hydrogens (tertiary/aromatic N) is 1. The first-order chi connectivity index (χ1) is 14.4. The number of hydrogen-bond donors (Lipinski definition) is 0. The Morgan fingerprint density at radius 1 is 1.07 bits per heavy atom. The maximum Gasteiger partial charge on any atom is 0.387 e.